The van der Waals surface area contributed by atoms with Crippen LogP contribution in [0.1, 0.15) is 34.5 Å². The van der Waals surface area contributed by atoms with Crippen LogP contribution in [0.15, 0.2) is 30.5 Å². The van der Waals surface area contributed by atoms with Crippen LogP contribution in [-0.4, -0.2) is 33.6 Å². The second kappa shape index (κ2) is 5.90. The zero-order valence-electron chi connectivity index (χ0n) is 13.7. The van der Waals surface area contributed by atoms with Gasteiger partial charge in [-0.05, 0) is 37.5 Å². The van der Waals surface area contributed by atoms with Crippen LogP contribution in [0, 0.1) is 6.92 Å². The predicted molar refractivity (Wildman–Crippen MR) is 94.6 cm³/mol. The van der Waals surface area contributed by atoms with Crippen LogP contribution < -0.4 is 10.2 Å². The first-order valence-electron chi connectivity index (χ1n) is 8.04. The van der Waals surface area contributed by atoms with E-state index in [4.69, 9.17) is 0 Å². The fourth-order valence-electron chi connectivity index (χ4n) is 2.76. The summed E-state index contributed by atoms with van der Waals surface area (Å²) in [5.74, 6) is -0.0582. The van der Waals surface area contributed by atoms with Crippen LogP contribution in [0.4, 0.5) is 5.13 Å². The second-order valence-corrected chi connectivity index (χ2v) is 7.06. The standard InChI is InChI=1S/C17H19N5OS/c1-11-9-22-16(19-11)24-17(20-22)21(14-7-8-14)10-12-3-5-13(6-4-12)15(23)18-2/h3-6,9,14H,7-8,10H2,1-2H3,(H,18,23). The van der Waals surface area contributed by atoms with Gasteiger partial charge in [0.15, 0.2) is 0 Å². The molecule has 4 rings (SSSR count). The summed E-state index contributed by atoms with van der Waals surface area (Å²) in [4.78, 5) is 19.4. The van der Waals surface area contributed by atoms with E-state index in [1.165, 1.54) is 18.4 Å². The number of nitrogens with zero attached hydrogens (tertiary/aromatic N) is 4. The third-order valence-electron chi connectivity index (χ3n) is 4.18. The molecule has 0 spiro atoms. The number of aromatic nitrogens is 3. The first-order chi connectivity index (χ1) is 11.6. The normalized spacial score (nSPS) is 14.1. The molecule has 0 saturated heterocycles. The molecule has 1 N–H and O–H groups in total. The van der Waals surface area contributed by atoms with Crippen molar-refractivity contribution in [1.29, 1.82) is 0 Å². The highest BCUT2D eigenvalue weighted by atomic mass is 32.1. The minimum Gasteiger partial charge on any atom is -0.355 e. The third kappa shape index (κ3) is 2.87. The number of rotatable bonds is 5. The molecule has 0 radical (unpaired) electrons. The van der Waals surface area contributed by atoms with Gasteiger partial charge in [-0.25, -0.2) is 9.50 Å². The molecule has 1 saturated carbocycles. The van der Waals surface area contributed by atoms with Crippen molar-refractivity contribution >= 4 is 27.3 Å². The maximum absolute atomic E-state index is 11.6. The molecule has 124 valence electrons. The fourth-order valence-corrected chi connectivity index (χ4v) is 3.76. The molecule has 3 aromatic rings. The predicted octanol–water partition coefficient (Wildman–Crippen LogP) is 2.63. The van der Waals surface area contributed by atoms with Crippen molar-refractivity contribution in [2.24, 2.45) is 0 Å². The molecule has 1 amide bonds. The van der Waals surface area contributed by atoms with Gasteiger partial charge in [-0.15, -0.1) is 5.10 Å². The number of hydrogen-bond donors (Lipinski definition) is 1. The van der Waals surface area contributed by atoms with Crippen LogP contribution >= 0.6 is 11.3 Å². The number of benzene rings is 1. The topological polar surface area (TPSA) is 62.5 Å². The molecule has 0 atom stereocenters. The molecule has 1 aromatic carbocycles. The zero-order chi connectivity index (χ0) is 16.7. The van der Waals surface area contributed by atoms with Crippen molar-refractivity contribution in [3.8, 4) is 0 Å². The Bertz CT molecular complexity index is 847. The lowest BCUT2D eigenvalue weighted by Gasteiger charge is -2.21. The Morgan fingerprint density at radius 3 is 2.75 bits per heavy atom. The summed E-state index contributed by atoms with van der Waals surface area (Å²) >= 11 is 1.63. The number of aryl methyl sites for hydroxylation is 1. The summed E-state index contributed by atoms with van der Waals surface area (Å²) in [6, 6.07) is 8.33. The Hall–Kier alpha value is -2.41. The van der Waals surface area contributed by atoms with E-state index >= 15 is 0 Å². The quantitative estimate of drug-likeness (QED) is 0.775. The largest absolute Gasteiger partial charge is 0.355 e. The van der Waals surface area contributed by atoms with Gasteiger partial charge in [0.25, 0.3) is 5.91 Å². The molecule has 1 fully saturated rings. The van der Waals surface area contributed by atoms with Gasteiger partial charge < -0.3 is 10.2 Å². The minimum atomic E-state index is -0.0582. The molecule has 7 heteroatoms. The Balaban J connectivity index is 1.57. The molecule has 6 nitrogen and oxygen atoms in total. The lowest BCUT2D eigenvalue weighted by Crippen LogP contribution is -2.25. The molecule has 2 aromatic heterocycles. The smallest absolute Gasteiger partial charge is 0.251 e. The van der Waals surface area contributed by atoms with Crippen LogP contribution in [0.2, 0.25) is 0 Å². The van der Waals surface area contributed by atoms with Crippen LogP contribution in [-0.2, 0) is 6.54 Å². The Morgan fingerprint density at radius 2 is 2.12 bits per heavy atom. The average Bonchev–Trinajstić information content (AvgIpc) is 3.26. The summed E-state index contributed by atoms with van der Waals surface area (Å²) in [5.41, 5.74) is 2.85. The summed E-state index contributed by atoms with van der Waals surface area (Å²) in [7, 11) is 1.64. The number of fused-ring (bicyclic) bond motifs is 1. The maximum Gasteiger partial charge on any atom is 0.251 e. The van der Waals surface area contributed by atoms with Gasteiger partial charge in [-0.1, -0.05) is 23.5 Å². The van der Waals surface area contributed by atoms with E-state index in [1.54, 1.807) is 18.4 Å². The van der Waals surface area contributed by atoms with E-state index in [0.29, 0.717) is 11.6 Å². The van der Waals surface area contributed by atoms with E-state index in [9.17, 15) is 4.79 Å². The Labute approximate surface area is 144 Å². The first kappa shape index (κ1) is 15.1. The molecule has 0 aliphatic heterocycles. The van der Waals surface area contributed by atoms with Crippen LogP contribution in [0.5, 0.6) is 0 Å². The highest BCUT2D eigenvalue weighted by Gasteiger charge is 2.31. The van der Waals surface area contributed by atoms with E-state index < -0.39 is 0 Å². The summed E-state index contributed by atoms with van der Waals surface area (Å²) in [6.07, 6.45) is 4.37. The van der Waals surface area contributed by atoms with E-state index in [1.807, 2.05) is 41.9 Å². The molecule has 0 unspecified atom stereocenters. The van der Waals surface area contributed by atoms with Crippen LogP contribution in [0.25, 0.3) is 4.96 Å². The lowest BCUT2D eigenvalue weighted by molar-refractivity contribution is 0.0963. The van der Waals surface area contributed by atoms with E-state index in [0.717, 1.165) is 22.3 Å². The molecular formula is C17H19N5OS. The molecule has 2 heterocycles. The van der Waals surface area contributed by atoms with Gasteiger partial charge in [0.2, 0.25) is 10.1 Å². The van der Waals surface area contributed by atoms with Gasteiger partial charge in [-0.3, -0.25) is 4.79 Å². The van der Waals surface area contributed by atoms with Crippen LogP contribution in [0.3, 0.4) is 0 Å². The van der Waals surface area contributed by atoms with Crippen molar-refractivity contribution in [2.75, 3.05) is 11.9 Å². The average molecular weight is 341 g/mol. The summed E-state index contributed by atoms with van der Waals surface area (Å²) in [6.45, 7) is 2.78. The number of imidazole rings is 1. The van der Waals surface area contributed by atoms with Gasteiger partial charge in [-0.2, -0.15) is 0 Å². The fraction of sp³-hybridized carbons (Fsp3) is 0.353. The Morgan fingerprint density at radius 1 is 1.38 bits per heavy atom. The monoisotopic (exact) mass is 341 g/mol. The van der Waals surface area contributed by atoms with Crippen molar-refractivity contribution in [2.45, 2.75) is 32.4 Å². The van der Waals surface area contributed by atoms with Gasteiger partial charge >= 0.3 is 0 Å². The van der Waals surface area contributed by atoms with Crippen molar-refractivity contribution < 1.29 is 4.79 Å². The number of carbonyl (C=O) groups excluding carboxylic acids is 1. The lowest BCUT2D eigenvalue weighted by atomic mass is 10.1. The summed E-state index contributed by atoms with van der Waals surface area (Å²) in [5, 5.41) is 8.34. The van der Waals surface area contributed by atoms with E-state index in [-0.39, 0.29) is 5.91 Å². The van der Waals surface area contributed by atoms with Gasteiger partial charge in [0, 0.05) is 25.2 Å². The second-order valence-electron chi connectivity index (χ2n) is 6.13. The van der Waals surface area contributed by atoms with Gasteiger partial charge in [0.1, 0.15) is 0 Å². The molecule has 0 bridgehead atoms. The number of anilines is 1. The van der Waals surface area contributed by atoms with Crippen molar-refractivity contribution in [3.05, 3.63) is 47.3 Å². The number of nitrogens with one attached hydrogen (secondary N) is 1. The highest BCUT2D eigenvalue weighted by Crippen LogP contribution is 2.35. The van der Waals surface area contributed by atoms with Crippen molar-refractivity contribution in [3.63, 3.8) is 0 Å². The molecule has 24 heavy (non-hydrogen) atoms. The van der Waals surface area contributed by atoms with E-state index in [2.05, 4.69) is 20.3 Å². The first-order valence-corrected chi connectivity index (χ1v) is 8.86. The number of carbonyl (C=O) groups is 1. The summed E-state index contributed by atoms with van der Waals surface area (Å²) < 4.78 is 1.86. The third-order valence-corrected chi connectivity index (χ3v) is 5.14. The molecule has 1 aliphatic carbocycles. The highest BCUT2D eigenvalue weighted by molar-refractivity contribution is 7.20. The van der Waals surface area contributed by atoms with Crippen molar-refractivity contribution in [1.82, 2.24) is 19.9 Å². The van der Waals surface area contributed by atoms with Gasteiger partial charge in [0.05, 0.1) is 11.9 Å². The number of amides is 1. The number of hydrogen-bond acceptors (Lipinski definition) is 5. The maximum atomic E-state index is 11.6. The Kier molecular flexibility index (Phi) is 3.72. The molecule has 1 aliphatic rings. The zero-order valence-corrected chi connectivity index (χ0v) is 14.5. The SMILES string of the molecule is CNC(=O)c1ccc(CN(c2nn3cc(C)nc3s2)C2CC2)cc1. The molecular weight excluding hydrogens is 322 g/mol. The minimum absolute atomic E-state index is 0.0582.